The predicted molar refractivity (Wildman–Crippen MR) is 181 cm³/mol. The number of nitrogens with one attached hydrogen (secondary N) is 1. The Kier molecular flexibility index (Phi) is 11.4. The number of nitrogens with two attached hydrogens (primary N) is 1. The fraction of sp³-hybridized carbons (Fsp3) is 0.583. The first kappa shape index (κ1) is 36.8. The Hall–Kier alpha value is -3.52. The monoisotopic (exact) mass is 686 g/mol. The average Bonchev–Trinajstić information content (AvgIpc) is 3.64. The van der Waals surface area contributed by atoms with Gasteiger partial charge in [-0.05, 0) is 87.4 Å². The molecule has 2 saturated heterocycles. The molecule has 268 valence electrons. The van der Waals surface area contributed by atoms with Crippen molar-refractivity contribution in [3.8, 4) is 11.3 Å². The number of hydrogen-bond acceptors (Lipinski definition) is 8. The lowest BCUT2D eigenvalue weighted by Gasteiger charge is -2.34. The third kappa shape index (κ3) is 8.62. The van der Waals surface area contributed by atoms with Gasteiger partial charge in [-0.2, -0.15) is 13.2 Å². The number of fused-ring (bicyclic) bond motifs is 1. The van der Waals surface area contributed by atoms with E-state index in [9.17, 15) is 22.8 Å². The van der Waals surface area contributed by atoms with Gasteiger partial charge in [-0.3, -0.25) is 19.6 Å². The Morgan fingerprint density at radius 1 is 1.20 bits per heavy atom. The van der Waals surface area contributed by atoms with Crippen molar-refractivity contribution >= 4 is 23.3 Å². The molecule has 3 N–H and O–H groups in total. The first-order valence-electron chi connectivity index (χ1n) is 17.0. The lowest BCUT2D eigenvalue weighted by Crippen LogP contribution is -2.58. The highest BCUT2D eigenvalue weighted by atomic mass is 19.4. The van der Waals surface area contributed by atoms with Crippen LogP contribution in [-0.4, -0.2) is 90.0 Å². The number of alkyl halides is 3. The largest absolute Gasteiger partial charge is 0.467 e. The molecule has 3 aromatic rings. The van der Waals surface area contributed by atoms with Gasteiger partial charge in [0.05, 0.1) is 30.1 Å². The van der Waals surface area contributed by atoms with E-state index < -0.39 is 30.3 Å². The Balaban J connectivity index is 1.54. The number of pyridine rings is 1. The molecular formula is C36H49F3N6O4. The van der Waals surface area contributed by atoms with E-state index in [1.165, 1.54) is 4.57 Å². The van der Waals surface area contributed by atoms with Crippen molar-refractivity contribution in [1.29, 1.82) is 0 Å². The molecule has 2 aliphatic rings. The van der Waals surface area contributed by atoms with Gasteiger partial charge in [0.15, 0.2) is 0 Å². The Labute approximate surface area is 286 Å². The summed E-state index contributed by atoms with van der Waals surface area (Å²) >= 11 is 0. The summed E-state index contributed by atoms with van der Waals surface area (Å²) < 4.78 is 55.0. The lowest BCUT2D eigenvalue weighted by atomic mass is 9.84. The maximum atomic E-state index is 14.3. The number of benzene rings is 1. The van der Waals surface area contributed by atoms with Crippen molar-refractivity contribution in [3.63, 3.8) is 0 Å². The molecular weight excluding hydrogens is 637 g/mol. The number of halogens is 3. The second-order valence-corrected chi connectivity index (χ2v) is 14.4. The summed E-state index contributed by atoms with van der Waals surface area (Å²) in [5.41, 5.74) is 12.8. The molecule has 2 aromatic heterocycles. The summed E-state index contributed by atoms with van der Waals surface area (Å²) in [6, 6.07) is 8.80. The molecule has 0 saturated carbocycles. The van der Waals surface area contributed by atoms with Crippen molar-refractivity contribution in [2.45, 2.75) is 90.2 Å². The van der Waals surface area contributed by atoms with E-state index >= 15 is 0 Å². The number of carbonyl (C=O) groups is 2. The van der Waals surface area contributed by atoms with Crippen LogP contribution in [0.15, 0.2) is 36.5 Å². The third-order valence-corrected chi connectivity index (χ3v) is 9.74. The summed E-state index contributed by atoms with van der Waals surface area (Å²) in [5.74, 6) is -0.00527. The number of hydrogen-bond donors (Lipinski definition) is 2. The van der Waals surface area contributed by atoms with E-state index in [4.69, 9.17) is 15.2 Å². The van der Waals surface area contributed by atoms with Gasteiger partial charge in [-0.1, -0.05) is 19.9 Å². The normalized spacial score (nSPS) is 20.5. The van der Waals surface area contributed by atoms with Crippen LogP contribution in [-0.2, 0) is 32.0 Å². The van der Waals surface area contributed by atoms with Crippen molar-refractivity contribution in [2.24, 2.45) is 11.1 Å². The molecule has 1 amide bonds. The molecule has 0 radical (unpaired) electrons. The second-order valence-electron chi connectivity index (χ2n) is 14.4. The van der Waals surface area contributed by atoms with Crippen molar-refractivity contribution in [3.05, 3.63) is 53.3 Å². The van der Waals surface area contributed by atoms with E-state index in [1.54, 1.807) is 36.5 Å². The minimum atomic E-state index is -4.49. The standard InChI is InChI=1S/C36H49F3N6O4/c1-23-8-7-14-45(42-23)34(47)30(40)19-43-15-12-26(18-43)25-10-11-31-28(16-25)29(17-35(3,4)21-49-22-46)33(44(31)20-36(37,38)39)27-9-6-13-41-32(27)24(2)48-5/h6,9-11,13,16,22-24,26,30,42H,7-8,12,14-15,17-21,40H2,1-5H3/t23-,24+,26-,30+/m1/s1. The lowest BCUT2D eigenvalue weighted by molar-refractivity contribution is -0.140. The van der Waals surface area contributed by atoms with E-state index in [1.807, 2.05) is 39.8 Å². The number of methoxy groups -OCH3 is 1. The minimum Gasteiger partial charge on any atom is -0.467 e. The quantitative estimate of drug-likeness (QED) is 0.232. The Bertz CT molecular complexity index is 1630. The fourth-order valence-corrected chi connectivity index (χ4v) is 7.32. The molecule has 0 unspecified atom stereocenters. The number of aromatic nitrogens is 2. The number of nitrogens with zero attached hydrogens (tertiary/aromatic N) is 4. The molecule has 49 heavy (non-hydrogen) atoms. The van der Waals surface area contributed by atoms with Gasteiger partial charge < -0.3 is 24.7 Å². The number of amides is 1. The minimum absolute atomic E-state index is 0.0956. The zero-order valence-corrected chi connectivity index (χ0v) is 29.1. The second kappa shape index (κ2) is 15.2. The molecule has 5 rings (SSSR count). The van der Waals surface area contributed by atoms with Crippen LogP contribution >= 0.6 is 0 Å². The van der Waals surface area contributed by atoms with Crippen molar-refractivity contribution in [1.82, 2.24) is 24.9 Å². The maximum absolute atomic E-state index is 14.3. The molecule has 13 heteroatoms. The van der Waals surface area contributed by atoms with Crippen molar-refractivity contribution < 1.29 is 32.2 Å². The van der Waals surface area contributed by atoms with Crippen LogP contribution < -0.4 is 11.2 Å². The van der Waals surface area contributed by atoms with E-state index in [2.05, 4.69) is 15.3 Å². The van der Waals surface area contributed by atoms with Crippen LogP contribution in [0.25, 0.3) is 22.2 Å². The highest BCUT2D eigenvalue weighted by Crippen LogP contribution is 2.43. The molecule has 0 bridgehead atoms. The first-order chi connectivity index (χ1) is 23.2. The maximum Gasteiger partial charge on any atom is 0.406 e. The van der Waals surface area contributed by atoms with Crippen LogP contribution in [0.4, 0.5) is 13.2 Å². The van der Waals surface area contributed by atoms with Crippen LogP contribution in [0, 0.1) is 5.41 Å². The first-order valence-corrected chi connectivity index (χ1v) is 17.0. The summed E-state index contributed by atoms with van der Waals surface area (Å²) in [7, 11) is 1.54. The topological polar surface area (TPSA) is 115 Å². The summed E-state index contributed by atoms with van der Waals surface area (Å²) in [6.45, 7) is 9.52. The van der Waals surface area contributed by atoms with Crippen LogP contribution in [0.5, 0.6) is 0 Å². The Morgan fingerprint density at radius 3 is 2.67 bits per heavy atom. The molecule has 1 aromatic carbocycles. The fourth-order valence-electron chi connectivity index (χ4n) is 7.32. The molecule has 2 aliphatic heterocycles. The van der Waals surface area contributed by atoms with Crippen molar-refractivity contribution in [2.75, 3.05) is 39.9 Å². The highest BCUT2D eigenvalue weighted by molar-refractivity contribution is 5.93. The molecule has 4 atom stereocenters. The van der Waals surface area contributed by atoms with Crippen LogP contribution in [0.1, 0.15) is 75.8 Å². The molecule has 2 fully saturated rings. The SMILES string of the molecule is CO[C@@H](C)c1ncccc1-c1c(CC(C)(C)COC=O)c2cc([C@@H]3CCN(C[C@H](N)C(=O)N4CCC[C@@H](C)N4)C3)ccc2n1CC(F)(F)F. The van der Waals surface area contributed by atoms with Gasteiger partial charge in [0, 0.05) is 60.9 Å². The average molecular weight is 687 g/mol. The zero-order valence-electron chi connectivity index (χ0n) is 29.1. The third-order valence-electron chi connectivity index (χ3n) is 9.74. The smallest absolute Gasteiger partial charge is 0.406 e. The van der Waals surface area contributed by atoms with E-state index in [-0.39, 0.29) is 24.5 Å². The van der Waals surface area contributed by atoms with Crippen LogP contribution in [0.3, 0.4) is 0 Å². The van der Waals surface area contributed by atoms with Gasteiger partial charge in [0.1, 0.15) is 6.54 Å². The van der Waals surface area contributed by atoms with Gasteiger partial charge >= 0.3 is 6.18 Å². The summed E-state index contributed by atoms with van der Waals surface area (Å²) in [6.07, 6.45) is -0.239. The molecule has 4 heterocycles. The Morgan fingerprint density at radius 2 is 1.98 bits per heavy atom. The van der Waals surface area contributed by atoms with Gasteiger partial charge in [-0.25, -0.2) is 5.43 Å². The van der Waals surface area contributed by atoms with Gasteiger partial charge in [0.25, 0.3) is 12.4 Å². The van der Waals surface area contributed by atoms with E-state index in [0.717, 1.165) is 36.9 Å². The molecule has 0 aliphatic carbocycles. The summed E-state index contributed by atoms with van der Waals surface area (Å²) in [5, 5.41) is 2.36. The van der Waals surface area contributed by atoms with E-state index in [0.29, 0.717) is 60.4 Å². The zero-order chi connectivity index (χ0) is 35.5. The number of likely N-dealkylation sites (tertiary alicyclic amines) is 1. The summed E-state index contributed by atoms with van der Waals surface area (Å²) in [4.78, 5) is 30.9. The molecule has 10 nitrogen and oxygen atoms in total. The van der Waals surface area contributed by atoms with Crippen LogP contribution in [0.2, 0.25) is 0 Å². The highest BCUT2D eigenvalue weighted by Gasteiger charge is 2.35. The van der Waals surface area contributed by atoms with Gasteiger partial charge in [-0.15, -0.1) is 0 Å². The van der Waals surface area contributed by atoms with Gasteiger partial charge in [0.2, 0.25) is 0 Å². The predicted octanol–water partition coefficient (Wildman–Crippen LogP) is 5.35. The number of ether oxygens (including phenoxy) is 2. The number of carbonyl (C=O) groups excluding carboxylic acids is 2. The number of rotatable bonds is 13. The molecule has 0 spiro atoms. The number of hydrazine groups is 1.